The van der Waals surface area contributed by atoms with Crippen molar-refractivity contribution in [3.8, 4) is 0 Å². The molecule has 7 heteroatoms. The fourth-order valence-electron chi connectivity index (χ4n) is 3.38. The van der Waals surface area contributed by atoms with Crippen LogP contribution in [0, 0.1) is 5.92 Å². The Kier molecular flexibility index (Phi) is 3.49. The van der Waals surface area contributed by atoms with Gasteiger partial charge < -0.3 is 0 Å². The second-order valence-electron chi connectivity index (χ2n) is 6.30. The van der Waals surface area contributed by atoms with E-state index in [0.717, 1.165) is 49.4 Å². The molecule has 0 atom stereocenters. The minimum absolute atomic E-state index is 0.0415. The summed E-state index contributed by atoms with van der Waals surface area (Å²) in [5.41, 5.74) is 3.17. The Labute approximate surface area is 127 Å². The number of aromatic nitrogens is 4. The van der Waals surface area contributed by atoms with Crippen molar-refractivity contribution in [3.63, 3.8) is 0 Å². The highest BCUT2D eigenvalue weighted by molar-refractivity contribution is 5.20. The second kappa shape index (κ2) is 5.64. The number of hydrogen-bond acceptors (Lipinski definition) is 6. The van der Waals surface area contributed by atoms with Crippen molar-refractivity contribution in [1.82, 2.24) is 25.0 Å². The number of likely N-dealkylation sites (tertiary alicyclic amines) is 1. The minimum atomic E-state index is 0.0415. The van der Waals surface area contributed by atoms with E-state index in [4.69, 9.17) is 0 Å². The van der Waals surface area contributed by atoms with Crippen LogP contribution >= 0.6 is 0 Å². The molecule has 0 unspecified atom stereocenters. The summed E-state index contributed by atoms with van der Waals surface area (Å²) in [6.45, 7) is 3.38. The van der Waals surface area contributed by atoms with E-state index in [9.17, 15) is 4.79 Å². The highest BCUT2D eigenvalue weighted by Gasteiger charge is 2.28. The summed E-state index contributed by atoms with van der Waals surface area (Å²) in [7, 11) is 0. The molecule has 0 saturated carbocycles. The Hall–Kier alpha value is -2.02. The predicted molar refractivity (Wildman–Crippen MR) is 78.2 cm³/mol. The second-order valence-corrected chi connectivity index (χ2v) is 6.30. The number of rotatable bonds is 4. The number of hydrogen-bond donors (Lipinski definition) is 0. The van der Waals surface area contributed by atoms with Gasteiger partial charge in [-0.15, -0.1) is 0 Å². The fraction of sp³-hybridized carbons (Fsp3) is 0.600. The molecule has 0 N–H and O–H groups in total. The van der Waals surface area contributed by atoms with E-state index in [1.165, 1.54) is 12.8 Å². The Morgan fingerprint density at radius 1 is 1.27 bits per heavy atom. The van der Waals surface area contributed by atoms with Crippen LogP contribution in [-0.2, 0) is 25.9 Å². The Morgan fingerprint density at radius 2 is 2.14 bits per heavy atom. The molecule has 1 aliphatic heterocycles. The van der Waals surface area contributed by atoms with Crippen molar-refractivity contribution >= 4 is 0 Å². The predicted octanol–water partition coefficient (Wildman–Crippen LogP) is 0.637. The molecule has 1 saturated heterocycles. The van der Waals surface area contributed by atoms with Crippen LogP contribution in [0.25, 0.3) is 0 Å². The molecule has 0 amide bonds. The van der Waals surface area contributed by atoms with E-state index < -0.39 is 0 Å². The molecule has 1 fully saturated rings. The number of fused-ring (bicyclic) bond motifs is 1. The maximum absolute atomic E-state index is 12.2. The smallest absolute Gasteiger partial charge is 0.267 e. The van der Waals surface area contributed by atoms with Crippen LogP contribution in [0.5, 0.6) is 0 Å². The van der Waals surface area contributed by atoms with Crippen molar-refractivity contribution in [2.75, 3.05) is 13.1 Å². The molecule has 3 heterocycles. The van der Waals surface area contributed by atoms with Crippen molar-refractivity contribution in [1.29, 1.82) is 0 Å². The summed E-state index contributed by atoms with van der Waals surface area (Å²) in [6.07, 6.45) is 6.00. The lowest BCUT2D eigenvalue weighted by Crippen LogP contribution is -2.49. The van der Waals surface area contributed by atoms with E-state index in [-0.39, 0.29) is 5.56 Å². The third-order valence-corrected chi connectivity index (χ3v) is 4.53. The van der Waals surface area contributed by atoms with Crippen LogP contribution in [0.4, 0.5) is 0 Å². The van der Waals surface area contributed by atoms with E-state index in [1.807, 2.05) is 0 Å². The largest absolute Gasteiger partial charge is 0.297 e. The van der Waals surface area contributed by atoms with Crippen molar-refractivity contribution in [3.05, 3.63) is 39.6 Å². The van der Waals surface area contributed by atoms with Gasteiger partial charge in [-0.3, -0.25) is 9.69 Å². The van der Waals surface area contributed by atoms with E-state index in [1.54, 1.807) is 16.9 Å². The van der Waals surface area contributed by atoms with Crippen LogP contribution in [0.1, 0.15) is 29.8 Å². The van der Waals surface area contributed by atoms with Crippen molar-refractivity contribution in [2.45, 2.75) is 38.8 Å². The van der Waals surface area contributed by atoms with Gasteiger partial charge in [0.2, 0.25) is 0 Å². The first kappa shape index (κ1) is 13.6. The zero-order valence-electron chi connectivity index (χ0n) is 12.4. The lowest BCUT2D eigenvalue weighted by molar-refractivity contribution is 0.0740. The zero-order chi connectivity index (χ0) is 14.9. The lowest BCUT2D eigenvalue weighted by atomic mass is 9.96. The Morgan fingerprint density at radius 3 is 2.95 bits per heavy atom. The molecule has 2 aromatic heterocycles. The third-order valence-electron chi connectivity index (χ3n) is 4.53. The molecule has 0 radical (unpaired) electrons. The molecule has 7 nitrogen and oxygen atoms in total. The SMILES string of the molecule is O=c1cc2c(nn1CC1CN(Cc3cnon3)C1)CCCC2. The summed E-state index contributed by atoms with van der Waals surface area (Å²) < 4.78 is 6.25. The maximum atomic E-state index is 12.2. The molecule has 0 spiro atoms. The standard InChI is InChI=1S/C15H19N5O2/c21-15-5-12-3-1-2-4-14(12)17-20(15)9-11-7-19(8-11)10-13-6-16-22-18-13/h5-6,11H,1-4,7-10H2. The average Bonchev–Trinajstić information content (AvgIpc) is 2.98. The molecule has 22 heavy (non-hydrogen) atoms. The van der Waals surface area contributed by atoms with E-state index in [2.05, 4.69) is 24.9 Å². The van der Waals surface area contributed by atoms with Gasteiger partial charge in [0, 0.05) is 31.6 Å². The number of aryl methyl sites for hydroxylation is 2. The summed E-state index contributed by atoms with van der Waals surface area (Å²) in [5.74, 6) is 0.478. The van der Waals surface area contributed by atoms with Gasteiger partial charge in [0.1, 0.15) is 5.69 Å². The zero-order valence-corrected chi connectivity index (χ0v) is 12.4. The van der Waals surface area contributed by atoms with Crippen molar-refractivity contribution < 1.29 is 4.63 Å². The normalized spacial score (nSPS) is 18.9. The first-order valence-electron chi connectivity index (χ1n) is 7.86. The van der Waals surface area contributed by atoms with Gasteiger partial charge in [-0.25, -0.2) is 9.31 Å². The molecule has 116 valence electrons. The molecule has 0 aromatic carbocycles. The van der Waals surface area contributed by atoms with Gasteiger partial charge >= 0.3 is 0 Å². The van der Waals surface area contributed by atoms with Crippen LogP contribution in [-0.4, -0.2) is 38.1 Å². The molecule has 2 aromatic rings. The van der Waals surface area contributed by atoms with Gasteiger partial charge in [0.05, 0.1) is 18.4 Å². The molecule has 0 bridgehead atoms. The lowest BCUT2D eigenvalue weighted by Gasteiger charge is -2.38. The Balaban J connectivity index is 1.37. The van der Waals surface area contributed by atoms with E-state index in [0.29, 0.717) is 12.5 Å². The van der Waals surface area contributed by atoms with Crippen molar-refractivity contribution in [2.24, 2.45) is 5.92 Å². The highest BCUT2D eigenvalue weighted by atomic mass is 16.6. The summed E-state index contributed by atoms with van der Waals surface area (Å²) >= 11 is 0. The highest BCUT2D eigenvalue weighted by Crippen LogP contribution is 2.20. The van der Waals surface area contributed by atoms with E-state index >= 15 is 0 Å². The average molecular weight is 301 g/mol. The van der Waals surface area contributed by atoms with Crippen LogP contribution in [0.3, 0.4) is 0 Å². The van der Waals surface area contributed by atoms with Gasteiger partial charge in [0.25, 0.3) is 5.56 Å². The third kappa shape index (κ3) is 2.68. The van der Waals surface area contributed by atoms with Gasteiger partial charge in [0.15, 0.2) is 0 Å². The van der Waals surface area contributed by atoms with Crippen LogP contribution in [0.2, 0.25) is 0 Å². The minimum Gasteiger partial charge on any atom is -0.297 e. The van der Waals surface area contributed by atoms with Gasteiger partial charge in [-0.2, -0.15) is 5.10 Å². The van der Waals surface area contributed by atoms with Crippen LogP contribution in [0.15, 0.2) is 21.7 Å². The molecular formula is C15H19N5O2. The topological polar surface area (TPSA) is 77.0 Å². The Bertz CT molecular complexity index is 703. The molecule has 2 aliphatic rings. The molecule has 1 aliphatic carbocycles. The van der Waals surface area contributed by atoms with Crippen LogP contribution < -0.4 is 5.56 Å². The quantitative estimate of drug-likeness (QED) is 0.824. The maximum Gasteiger partial charge on any atom is 0.267 e. The first-order valence-corrected chi connectivity index (χ1v) is 7.86. The summed E-state index contributed by atoms with van der Waals surface area (Å²) in [4.78, 5) is 14.4. The summed E-state index contributed by atoms with van der Waals surface area (Å²) in [5, 5.41) is 12.0. The van der Waals surface area contributed by atoms with Gasteiger partial charge in [-0.05, 0) is 31.2 Å². The molecular weight excluding hydrogens is 282 g/mol. The number of nitrogens with zero attached hydrogens (tertiary/aromatic N) is 5. The monoisotopic (exact) mass is 301 g/mol. The fourth-order valence-corrected chi connectivity index (χ4v) is 3.38. The summed E-state index contributed by atoms with van der Waals surface area (Å²) in [6, 6.07) is 1.79. The van der Waals surface area contributed by atoms with Gasteiger partial charge in [-0.1, -0.05) is 10.3 Å². The first-order chi connectivity index (χ1) is 10.8. The molecule has 4 rings (SSSR count).